The molecule has 2 aliphatic heterocycles. The minimum absolute atomic E-state index is 0.0304. The predicted octanol–water partition coefficient (Wildman–Crippen LogP) is 0.861. The van der Waals surface area contributed by atoms with Crippen molar-refractivity contribution in [1.82, 2.24) is 15.1 Å². The molecule has 0 aliphatic carbocycles. The molecule has 1 aromatic rings. The molecule has 2 aliphatic rings. The largest absolute Gasteiger partial charge is 0.486 e. The number of urea groups is 1. The first-order valence-corrected chi connectivity index (χ1v) is 8.61. The number of ether oxygens (including phenoxy) is 2. The Balaban J connectivity index is 1.56. The Hall–Kier alpha value is -2.77. The van der Waals surface area contributed by atoms with Crippen molar-refractivity contribution in [3.8, 4) is 11.5 Å². The summed E-state index contributed by atoms with van der Waals surface area (Å²) >= 11 is 0. The van der Waals surface area contributed by atoms with Crippen LogP contribution in [-0.4, -0.2) is 66.5 Å². The number of imide groups is 1. The zero-order valence-corrected chi connectivity index (χ0v) is 15.1. The van der Waals surface area contributed by atoms with E-state index >= 15 is 0 Å². The van der Waals surface area contributed by atoms with Crippen LogP contribution in [0.1, 0.15) is 13.8 Å². The minimum Gasteiger partial charge on any atom is -0.486 e. The highest BCUT2D eigenvalue weighted by atomic mass is 16.6. The van der Waals surface area contributed by atoms with E-state index in [4.69, 9.17) is 9.47 Å². The predicted molar refractivity (Wildman–Crippen MR) is 92.9 cm³/mol. The maximum Gasteiger partial charge on any atom is 0.325 e. The summed E-state index contributed by atoms with van der Waals surface area (Å²) < 4.78 is 11.5. The number of nitrogens with one attached hydrogen (secondary N) is 1. The van der Waals surface area contributed by atoms with Gasteiger partial charge in [0.2, 0.25) is 5.91 Å². The summed E-state index contributed by atoms with van der Waals surface area (Å²) in [5.41, 5.74) is 0. The van der Waals surface area contributed by atoms with Crippen molar-refractivity contribution in [2.75, 3.05) is 26.7 Å². The van der Waals surface area contributed by atoms with Gasteiger partial charge in [-0.2, -0.15) is 0 Å². The quantitative estimate of drug-likeness (QED) is 0.786. The third kappa shape index (κ3) is 3.58. The highest BCUT2D eigenvalue weighted by molar-refractivity contribution is 6.06. The second-order valence-electron chi connectivity index (χ2n) is 6.87. The molecule has 1 aromatic carbocycles. The molecule has 26 heavy (non-hydrogen) atoms. The zero-order valence-electron chi connectivity index (χ0n) is 15.1. The van der Waals surface area contributed by atoms with Crippen LogP contribution in [0.5, 0.6) is 11.5 Å². The summed E-state index contributed by atoms with van der Waals surface area (Å²) in [6.07, 6.45) is -0.314. The monoisotopic (exact) mass is 361 g/mol. The van der Waals surface area contributed by atoms with Crippen molar-refractivity contribution in [1.29, 1.82) is 0 Å². The fourth-order valence-corrected chi connectivity index (χ4v) is 2.96. The fourth-order valence-electron chi connectivity index (χ4n) is 2.96. The van der Waals surface area contributed by atoms with E-state index in [1.807, 2.05) is 38.1 Å². The van der Waals surface area contributed by atoms with Crippen LogP contribution < -0.4 is 14.8 Å². The lowest BCUT2D eigenvalue weighted by Crippen LogP contribution is -2.46. The summed E-state index contributed by atoms with van der Waals surface area (Å²) in [7, 11) is 1.62. The van der Waals surface area contributed by atoms with Crippen LogP contribution in [0.3, 0.4) is 0 Å². The van der Waals surface area contributed by atoms with E-state index < -0.39 is 12.1 Å². The van der Waals surface area contributed by atoms with Crippen molar-refractivity contribution < 1.29 is 23.9 Å². The maximum absolute atomic E-state index is 12.4. The van der Waals surface area contributed by atoms with Gasteiger partial charge in [-0.25, -0.2) is 4.79 Å². The molecule has 0 saturated carbocycles. The van der Waals surface area contributed by atoms with Gasteiger partial charge >= 0.3 is 6.03 Å². The highest BCUT2D eigenvalue weighted by Gasteiger charge is 2.40. The first-order valence-electron chi connectivity index (χ1n) is 8.61. The van der Waals surface area contributed by atoms with Crippen LogP contribution >= 0.6 is 0 Å². The molecule has 1 fully saturated rings. The molecule has 0 aromatic heterocycles. The van der Waals surface area contributed by atoms with E-state index in [1.165, 1.54) is 4.90 Å². The van der Waals surface area contributed by atoms with Crippen molar-refractivity contribution in [3.63, 3.8) is 0 Å². The van der Waals surface area contributed by atoms with E-state index in [9.17, 15) is 14.4 Å². The van der Waals surface area contributed by atoms with E-state index in [0.717, 1.165) is 4.90 Å². The lowest BCUT2D eigenvalue weighted by molar-refractivity contribution is -0.137. The van der Waals surface area contributed by atoms with Crippen molar-refractivity contribution in [2.24, 2.45) is 5.92 Å². The highest BCUT2D eigenvalue weighted by Crippen LogP contribution is 2.30. The molecule has 0 unspecified atom stereocenters. The molecule has 1 N–H and O–H groups in total. The number of fused-ring (bicyclic) bond motifs is 1. The number of benzene rings is 1. The molecule has 8 nitrogen and oxygen atoms in total. The van der Waals surface area contributed by atoms with Gasteiger partial charge < -0.3 is 19.7 Å². The Morgan fingerprint density at radius 3 is 2.65 bits per heavy atom. The van der Waals surface area contributed by atoms with Gasteiger partial charge in [0.15, 0.2) is 17.6 Å². The van der Waals surface area contributed by atoms with E-state index in [-0.39, 0.29) is 30.4 Å². The molecular formula is C18H23N3O5. The third-order valence-electron chi connectivity index (χ3n) is 4.49. The topological polar surface area (TPSA) is 88.2 Å². The normalized spacial score (nSPS) is 21.8. The number of hydrogen-bond acceptors (Lipinski definition) is 5. The maximum atomic E-state index is 12.4. The smallest absolute Gasteiger partial charge is 0.325 e. The Morgan fingerprint density at radius 2 is 2.00 bits per heavy atom. The van der Waals surface area contributed by atoms with Crippen LogP contribution in [0.25, 0.3) is 0 Å². The van der Waals surface area contributed by atoms with Crippen LogP contribution in [0.15, 0.2) is 24.3 Å². The van der Waals surface area contributed by atoms with Gasteiger partial charge in [0.05, 0.1) is 6.54 Å². The number of nitrogens with zero attached hydrogens (tertiary/aromatic N) is 2. The van der Waals surface area contributed by atoms with Gasteiger partial charge in [0.25, 0.3) is 5.91 Å². The fraction of sp³-hybridized carbons (Fsp3) is 0.500. The second kappa shape index (κ2) is 7.23. The molecule has 2 heterocycles. The molecule has 0 bridgehead atoms. The Kier molecular flexibility index (Phi) is 5.01. The number of likely N-dealkylation sites (N-methyl/N-ethyl adjacent to an activating group) is 1. The molecule has 2 atom stereocenters. The van der Waals surface area contributed by atoms with E-state index in [1.54, 1.807) is 7.05 Å². The van der Waals surface area contributed by atoms with Gasteiger partial charge in [-0.1, -0.05) is 26.0 Å². The number of amides is 4. The number of para-hydroxylation sites is 2. The standard InChI is InChI=1S/C18H23N3O5/c1-11(2)16-17(23)21(18(24)19-16)9-15(22)20(3)8-12-10-25-13-6-4-5-7-14(13)26-12/h4-7,11-12,16H,8-10H2,1-3H3,(H,19,24)/t12-,16+/m1/s1. The summed E-state index contributed by atoms with van der Waals surface area (Å²) in [4.78, 5) is 39.1. The first kappa shape index (κ1) is 18.0. The van der Waals surface area contributed by atoms with Crippen LogP contribution in [-0.2, 0) is 9.59 Å². The third-order valence-corrected chi connectivity index (χ3v) is 4.49. The molecule has 1 saturated heterocycles. The number of rotatable bonds is 5. The molecule has 4 amide bonds. The SMILES string of the molecule is CC(C)[C@@H]1NC(=O)N(CC(=O)N(C)C[C@@H]2COc3ccccc3O2)C1=O. The van der Waals surface area contributed by atoms with Gasteiger partial charge in [0, 0.05) is 7.05 Å². The van der Waals surface area contributed by atoms with Crippen molar-refractivity contribution in [2.45, 2.75) is 26.0 Å². The van der Waals surface area contributed by atoms with Crippen LogP contribution in [0, 0.1) is 5.92 Å². The van der Waals surface area contributed by atoms with Crippen LogP contribution in [0.2, 0.25) is 0 Å². The number of carbonyl (C=O) groups excluding carboxylic acids is 3. The average molecular weight is 361 g/mol. The molecule has 140 valence electrons. The van der Waals surface area contributed by atoms with Gasteiger partial charge in [-0.15, -0.1) is 0 Å². The summed E-state index contributed by atoms with van der Waals surface area (Å²) in [5.74, 6) is 0.589. The first-order chi connectivity index (χ1) is 12.4. The van der Waals surface area contributed by atoms with Crippen LogP contribution in [0.4, 0.5) is 4.79 Å². The average Bonchev–Trinajstić information content (AvgIpc) is 2.90. The number of hydrogen-bond donors (Lipinski definition) is 1. The Morgan fingerprint density at radius 1 is 1.31 bits per heavy atom. The summed E-state index contributed by atoms with van der Waals surface area (Å²) in [5, 5.41) is 2.61. The summed E-state index contributed by atoms with van der Waals surface area (Å²) in [6.45, 7) is 4.03. The lowest BCUT2D eigenvalue weighted by atomic mass is 10.1. The molecule has 3 rings (SSSR count). The molecule has 8 heteroatoms. The van der Waals surface area contributed by atoms with E-state index in [0.29, 0.717) is 24.7 Å². The van der Waals surface area contributed by atoms with Crippen molar-refractivity contribution >= 4 is 17.8 Å². The Bertz CT molecular complexity index is 721. The number of carbonyl (C=O) groups is 3. The second-order valence-corrected chi connectivity index (χ2v) is 6.87. The van der Waals surface area contributed by atoms with Crippen molar-refractivity contribution in [3.05, 3.63) is 24.3 Å². The molecule has 0 spiro atoms. The molecule has 0 radical (unpaired) electrons. The van der Waals surface area contributed by atoms with Gasteiger partial charge in [0.1, 0.15) is 19.2 Å². The minimum atomic E-state index is -0.577. The summed E-state index contributed by atoms with van der Waals surface area (Å²) in [6, 6.07) is 6.24. The Labute approximate surface area is 152 Å². The van der Waals surface area contributed by atoms with E-state index in [2.05, 4.69) is 5.32 Å². The van der Waals surface area contributed by atoms with Gasteiger partial charge in [-0.05, 0) is 18.1 Å². The molecular weight excluding hydrogens is 338 g/mol. The lowest BCUT2D eigenvalue weighted by Gasteiger charge is -2.30. The van der Waals surface area contributed by atoms with Gasteiger partial charge in [-0.3, -0.25) is 14.5 Å². The zero-order chi connectivity index (χ0) is 18.8.